The van der Waals surface area contributed by atoms with Gasteiger partial charge in [0, 0.05) is 30.2 Å². The maximum absolute atomic E-state index is 14.1. The van der Waals surface area contributed by atoms with Crippen molar-refractivity contribution in [3.05, 3.63) is 47.4 Å². The summed E-state index contributed by atoms with van der Waals surface area (Å²) >= 11 is 1.24. The molecule has 2 aromatic heterocycles. The fourth-order valence-corrected chi connectivity index (χ4v) is 4.13. The van der Waals surface area contributed by atoms with Crippen LogP contribution in [0.4, 0.5) is 4.39 Å². The number of esters is 1. The lowest BCUT2D eigenvalue weighted by Crippen LogP contribution is -2.58. The number of nitrogens with zero attached hydrogens (tertiary/aromatic N) is 3. The Balaban J connectivity index is 1.68. The van der Waals surface area contributed by atoms with E-state index in [1.807, 2.05) is 0 Å². The molecule has 3 aromatic rings. The van der Waals surface area contributed by atoms with E-state index in [0.29, 0.717) is 28.5 Å². The zero-order chi connectivity index (χ0) is 20.5. The lowest BCUT2D eigenvalue weighted by Gasteiger charge is -2.34. The van der Waals surface area contributed by atoms with Crippen molar-refractivity contribution in [3.8, 4) is 11.3 Å². The second-order valence-electron chi connectivity index (χ2n) is 6.47. The highest BCUT2D eigenvalue weighted by molar-refractivity contribution is 7.15. The third-order valence-corrected chi connectivity index (χ3v) is 5.60. The van der Waals surface area contributed by atoms with Gasteiger partial charge in [-0.25, -0.2) is 9.37 Å². The maximum atomic E-state index is 14.1. The number of amides is 2. The first-order chi connectivity index (χ1) is 14.0. The number of fused-ring (bicyclic) bond motifs is 1. The minimum Gasteiger partial charge on any atom is -0.469 e. The van der Waals surface area contributed by atoms with Gasteiger partial charge < -0.3 is 15.0 Å². The molecule has 1 N–H and O–H groups in total. The highest BCUT2D eigenvalue weighted by Crippen LogP contribution is 2.26. The van der Waals surface area contributed by atoms with Crippen molar-refractivity contribution < 1.29 is 23.5 Å². The third-order valence-electron chi connectivity index (χ3n) is 4.76. The quantitative estimate of drug-likeness (QED) is 0.654. The molecule has 1 atom stereocenters. The molecule has 4 rings (SSSR count). The number of rotatable bonds is 4. The molecule has 0 radical (unpaired) electrons. The Morgan fingerprint density at radius 1 is 1.38 bits per heavy atom. The van der Waals surface area contributed by atoms with Crippen LogP contribution in [0.3, 0.4) is 0 Å². The van der Waals surface area contributed by atoms with Gasteiger partial charge in [-0.2, -0.15) is 0 Å². The second-order valence-corrected chi connectivity index (χ2v) is 7.30. The molecule has 0 aliphatic carbocycles. The van der Waals surface area contributed by atoms with Crippen molar-refractivity contribution in [2.75, 3.05) is 20.2 Å². The topological polar surface area (TPSA) is 93.0 Å². The molecule has 0 unspecified atom stereocenters. The molecular weight excluding hydrogens is 399 g/mol. The molecular formula is C19H17FN4O4S. The van der Waals surface area contributed by atoms with Gasteiger partial charge in [-0.3, -0.25) is 18.8 Å². The number of imidazole rings is 1. The summed E-state index contributed by atoms with van der Waals surface area (Å²) in [6.07, 6.45) is 1.36. The summed E-state index contributed by atoms with van der Waals surface area (Å²) in [6.45, 7) is 0.554. The standard InChI is InChI=1S/C19H17FN4O4S/c1-28-16(25)8-14-17(26)21-6-7-23(14)18(27)15-10-29-19-22-13(9-24(15)19)11-4-2-3-5-12(11)20/h2-5,9-10,14H,6-8H2,1H3,(H,21,26)/t14-/m0/s1. The van der Waals surface area contributed by atoms with Gasteiger partial charge in [0.2, 0.25) is 5.91 Å². The number of hydrogen-bond donors (Lipinski definition) is 1. The lowest BCUT2D eigenvalue weighted by molar-refractivity contribution is -0.145. The number of carbonyl (C=O) groups excluding carboxylic acids is 3. The van der Waals surface area contributed by atoms with Crippen LogP contribution < -0.4 is 5.32 Å². The van der Waals surface area contributed by atoms with Crippen molar-refractivity contribution in [1.29, 1.82) is 0 Å². The van der Waals surface area contributed by atoms with E-state index < -0.39 is 29.6 Å². The van der Waals surface area contributed by atoms with E-state index in [4.69, 9.17) is 0 Å². The SMILES string of the molecule is COC(=O)C[C@H]1C(=O)NCCN1C(=O)c1csc2nc(-c3ccccc3F)cn12. The highest BCUT2D eigenvalue weighted by Gasteiger charge is 2.36. The van der Waals surface area contributed by atoms with Crippen molar-refractivity contribution in [3.63, 3.8) is 0 Å². The Morgan fingerprint density at radius 3 is 2.93 bits per heavy atom. The molecule has 3 heterocycles. The maximum Gasteiger partial charge on any atom is 0.308 e. The zero-order valence-corrected chi connectivity index (χ0v) is 16.2. The number of piperazine rings is 1. The van der Waals surface area contributed by atoms with Gasteiger partial charge in [0.15, 0.2) is 4.96 Å². The van der Waals surface area contributed by atoms with Gasteiger partial charge in [-0.1, -0.05) is 12.1 Å². The van der Waals surface area contributed by atoms with Crippen molar-refractivity contribution in [2.45, 2.75) is 12.5 Å². The van der Waals surface area contributed by atoms with E-state index in [1.54, 1.807) is 34.2 Å². The molecule has 1 aromatic carbocycles. The van der Waals surface area contributed by atoms with Crippen molar-refractivity contribution in [1.82, 2.24) is 19.6 Å². The van der Waals surface area contributed by atoms with Crippen LogP contribution >= 0.6 is 11.3 Å². The van der Waals surface area contributed by atoms with Crippen LogP contribution in [0.5, 0.6) is 0 Å². The Bertz CT molecular complexity index is 1110. The number of methoxy groups -OCH3 is 1. The number of hydrogen-bond acceptors (Lipinski definition) is 6. The minimum absolute atomic E-state index is 0.230. The molecule has 8 nitrogen and oxygen atoms in total. The van der Waals surface area contributed by atoms with Crippen LogP contribution in [0.15, 0.2) is 35.8 Å². The van der Waals surface area contributed by atoms with Gasteiger partial charge >= 0.3 is 5.97 Å². The Morgan fingerprint density at radius 2 is 2.17 bits per heavy atom. The molecule has 29 heavy (non-hydrogen) atoms. The number of carbonyl (C=O) groups is 3. The molecule has 1 aliphatic rings. The number of halogens is 1. The Labute approximate surface area is 168 Å². The summed E-state index contributed by atoms with van der Waals surface area (Å²) in [5, 5.41) is 4.30. The second kappa shape index (κ2) is 7.63. The predicted octanol–water partition coefficient (Wildman–Crippen LogP) is 1.71. The molecule has 1 aliphatic heterocycles. The first-order valence-electron chi connectivity index (χ1n) is 8.86. The summed E-state index contributed by atoms with van der Waals surface area (Å²) in [5.74, 6) is -1.79. The van der Waals surface area contributed by atoms with Gasteiger partial charge in [0.25, 0.3) is 5.91 Å². The third kappa shape index (κ3) is 3.46. The first-order valence-corrected chi connectivity index (χ1v) is 9.74. The fourth-order valence-electron chi connectivity index (χ4n) is 3.29. The highest BCUT2D eigenvalue weighted by atomic mass is 32.1. The van der Waals surface area contributed by atoms with Crippen LogP contribution in [0.2, 0.25) is 0 Å². The van der Waals surface area contributed by atoms with E-state index in [9.17, 15) is 18.8 Å². The van der Waals surface area contributed by atoms with E-state index >= 15 is 0 Å². The molecule has 2 amide bonds. The van der Waals surface area contributed by atoms with Crippen LogP contribution in [-0.2, 0) is 14.3 Å². The van der Waals surface area contributed by atoms with Crippen LogP contribution in [0.1, 0.15) is 16.9 Å². The summed E-state index contributed by atoms with van der Waals surface area (Å²) in [6, 6.07) is 5.31. The molecule has 0 spiro atoms. The van der Waals surface area contributed by atoms with Crippen molar-refractivity contribution >= 4 is 34.1 Å². The van der Waals surface area contributed by atoms with E-state index in [1.165, 1.54) is 29.4 Å². The summed E-state index contributed by atoms with van der Waals surface area (Å²) in [5.41, 5.74) is 1.04. The van der Waals surface area contributed by atoms with Crippen LogP contribution in [0, 0.1) is 5.82 Å². The summed E-state index contributed by atoms with van der Waals surface area (Å²) < 4.78 is 20.3. The summed E-state index contributed by atoms with van der Waals surface area (Å²) in [7, 11) is 1.23. The summed E-state index contributed by atoms with van der Waals surface area (Å²) in [4.78, 5) is 43.4. The number of ether oxygens (including phenoxy) is 1. The first kappa shape index (κ1) is 19.1. The molecule has 0 saturated carbocycles. The zero-order valence-electron chi connectivity index (χ0n) is 15.4. The Hall–Kier alpha value is -3.27. The van der Waals surface area contributed by atoms with Crippen LogP contribution in [0.25, 0.3) is 16.2 Å². The monoisotopic (exact) mass is 416 g/mol. The fraction of sp³-hybridized carbons (Fsp3) is 0.263. The number of thiazole rings is 1. The van der Waals surface area contributed by atoms with Gasteiger partial charge in [0.05, 0.1) is 19.2 Å². The largest absolute Gasteiger partial charge is 0.469 e. The molecule has 10 heteroatoms. The molecule has 1 saturated heterocycles. The van der Waals surface area contributed by atoms with E-state index in [2.05, 4.69) is 15.0 Å². The average molecular weight is 416 g/mol. The number of aromatic nitrogens is 2. The number of benzene rings is 1. The smallest absolute Gasteiger partial charge is 0.308 e. The average Bonchev–Trinajstić information content (AvgIpc) is 3.30. The van der Waals surface area contributed by atoms with E-state index in [-0.39, 0.29) is 13.0 Å². The number of nitrogens with one attached hydrogen (secondary N) is 1. The lowest BCUT2D eigenvalue weighted by atomic mass is 10.1. The van der Waals surface area contributed by atoms with Crippen molar-refractivity contribution in [2.24, 2.45) is 0 Å². The van der Waals surface area contributed by atoms with Gasteiger partial charge in [0.1, 0.15) is 17.6 Å². The van der Waals surface area contributed by atoms with E-state index in [0.717, 1.165) is 0 Å². The molecule has 0 bridgehead atoms. The minimum atomic E-state index is -0.951. The Kier molecular flexibility index (Phi) is 5.01. The van der Waals surface area contributed by atoms with Gasteiger partial charge in [-0.05, 0) is 12.1 Å². The van der Waals surface area contributed by atoms with Crippen LogP contribution in [-0.4, -0.2) is 58.3 Å². The molecule has 1 fully saturated rings. The van der Waals surface area contributed by atoms with Gasteiger partial charge in [-0.15, -0.1) is 11.3 Å². The molecule has 150 valence electrons. The normalized spacial score (nSPS) is 16.7. The predicted molar refractivity (Wildman–Crippen MR) is 103 cm³/mol.